The summed E-state index contributed by atoms with van der Waals surface area (Å²) in [5.74, 6) is 5.25. The molecule has 0 saturated carbocycles. The van der Waals surface area contributed by atoms with E-state index in [9.17, 15) is 0 Å². The fourth-order valence-corrected chi connectivity index (χ4v) is 1.26. The van der Waals surface area contributed by atoms with E-state index in [1.807, 2.05) is 42.5 Å². The number of rotatable bonds is 2. The predicted molar refractivity (Wildman–Crippen MR) is 64.7 cm³/mol. The molecule has 1 heterocycles. The van der Waals surface area contributed by atoms with Crippen molar-refractivity contribution in [2.75, 3.05) is 5.43 Å². The number of hydrazine groups is 1. The van der Waals surface area contributed by atoms with E-state index in [2.05, 4.69) is 10.4 Å². The first-order chi connectivity index (χ1) is 6.90. The Morgan fingerprint density at radius 2 is 1.73 bits per heavy atom. The molecule has 1 aromatic carbocycles. The Hall–Kier alpha value is -1.58. The predicted octanol–water partition coefficient (Wildman–Crippen LogP) is 2.46. The van der Waals surface area contributed by atoms with Crippen molar-refractivity contribution < 1.29 is 0 Å². The molecule has 0 fully saturated rings. The maximum Gasteiger partial charge on any atom is 0.0703 e. The zero-order valence-electron chi connectivity index (χ0n) is 8.05. The van der Waals surface area contributed by atoms with Crippen LogP contribution in [0.25, 0.3) is 11.3 Å². The third kappa shape index (κ3) is 2.68. The first-order valence-electron chi connectivity index (χ1n) is 4.38. The number of nitrogens with one attached hydrogen (secondary N) is 1. The average Bonchev–Trinajstić information content (AvgIpc) is 2.30. The van der Waals surface area contributed by atoms with Gasteiger partial charge in [0, 0.05) is 5.56 Å². The van der Waals surface area contributed by atoms with Crippen molar-refractivity contribution in [3.63, 3.8) is 0 Å². The molecule has 1 aromatic heterocycles. The van der Waals surface area contributed by atoms with Crippen LogP contribution in [0.5, 0.6) is 0 Å². The topological polar surface area (TPSA) is 50.9 Å². The van der Waals surface area contributed by atoms with E-state index in [-0.39, 0.29) is 12.4 Å². The zero-order chi connectivity index (χ0) is 9.80. The van der Waals surface area contributed by atoms with E-state index in [1.54, 1.807) is 6.20 Å². The summed E-state index contributed by atoms with van der Waals surface area (Å²) in [5.41, 5.74) is 5.41. The van der Waals surface area contributed by atoms with E-state index in [0.717, 1.165) is 16.9 Å². The molecular weight excluding hydrogens is 210 g/mol. The first-order valence-corrected chi connectivity index (χ1v) is 4.38. The summed E-state index contributed by atoms with van der Waals surface area (Å²) >= 11 is 0. The van der Waals surface area contributed by atoms with Crippen LogP contribution in [0, 0.1) is 0 Å². The van der Waals surface area contributed by atoms with Crippen LogP contribution in [-0.2, 0) is 0 Å². The minimum atomic E-state index is 0. The van der Waals surface area contributed by atoms with Crippen molar-refractivity contribution in [2.24, 2.45) is 5.84 Å². The molecule has 2 aromatic rings. The molecule has 0 bridgehead atoms. The lowest BCUT2D eigenvalue weighted by atomic mass is 10.1. The second kappa shape index (κ2) is 5.34. The Morgan fingerprint density at radius 3 is 2.27 bits per heavy atom. The van der Waals surface area contributed by atoms with Gasteiger partial charge < -0.3 is 5.43 Å². The lowest BCUT2D eigenvalue weighted by Crippen LogP contribution is -2.06. The summed E-state index contributed by atoms with van der Waals surface area (Å²) in [6, 6.07) is 13.9. The number of nitrogens with zero attached hydrogens (tertiary/aromatic N) is 1. The van der Waals surface area contributed by atoms with Gasteiger partial charge in [0.05, 0.1) is 17.6 Å². The molecule has 0 aliphatic carbocycles. The van der Waals surface area contributed by atoms with Crippen LogP contribution in [0.4, 0.5) is 5.69 Å². The number of benzene rings is 1. The lowest BCUT2D eigenvalue weighted by Gasteiger charge is -2.02. The highest BCUT2D eigenvalue weighted by atomic mass is 35.5. The zero-order valence-corrected chi connectivity index (χ0v) is 8.87. The maximum absolute atomic E-state index is 5.25. The third-order valence-electron chi connectivity index (χ3n) is 2.00. The molecular formula is C11H12ClN3. The molecule has 3 nitrogen and oxygen atoms in total. The molecule has 0 spiro atoms. The largest absolute Gasteiger partial charge is 0.323 e. The highest BCUT2D eigenvalue weighted by Gasteiger charge is 1.96. The fourth-order valence-electron chi connectivity index (χ4n) is 1.26. The number of nitrogens with two attached hydrogens (primary N) is 1. The Morgan fingerprint density at radius 1 is 1.00 bits per heavy atom. The van der Waals surface area contributed by atoms with Crippen LogP contribution in [0.1, 0.15) is 0 Å². The van der Waals surface area contributed by atoms with Crippen molar-refractivity contribution in [2.45, 2.75) is 0 Å². The molecule has 0 aliphatic heterocycles. The van der Waals surface area contributed by atoms with E-state index < -0.39 is 0 Å². The van der Waals surface area contributed by atoms with Crippen molar-refractivity contribution in [1.82, 2.24) is 4.98 Å². The van der Waals surface area contributed by atoms with E-state index in [4.69, 9.17) is 5.84 Å². The molecule has 0 amide bonds. The van der Waals surface area contributed by atoms with E-state index in [1.165, 1.54) is 0 Å². The van der Waals surface area contributed by atoms with Crippen LogP contribution >= 0.6 is 12.4 Å². The molecule has 2 rings (SSSR count). The van der Waals surface area contributed by atoms with Crippen LogP contribution in [0.15, 0.2) is 48.7 Å². The van der Waals surface area contributed by atoms with Crippen molar-refractivity contribution >= 4 is 18.1 Å². The van der Waals surface area contributed by atoms with Gasteiger partial charge in [-0.2, -0.15) is 0 Å². The van der Waals surface area contributed by atoms with Gasteiger partial charge in [-0.05, 0) is 12.1 Å². The van der Waals surface area contributed by atoms with Crippen LogP contribution in [0.2, 0.25) is 0 Å². The summed E-state index contributed by atoms with van der Waals surface area (Å²) in [7, 11) is 0. The molecule has 0 unspecified atom stereocenters. The normalized spacial score (nSPS) is 9.13. The smallest absolute Gasteiger partial charge is 0.0703 e. The standard InChI is InChI=1S/C11H11N3.ClH/c12-14-10-6-7-11(13-8-10)9-4-2-1-3-5-9;/h1-8,14H,12H2;1H. The summed E-state index contributed by atoms with van der Waals surface area (Å²) in [6.45, 7) is 0. The number of anilines is 1. The lowest BCUT2D eigenvalue weighted by molar-refractivity contribution is 1.27. The molecule has 0 saturated heterocycles. The fraction of sp³-hybridized carbons (Fsp3) is 0. The quantitative estimate of drug-likeness (QED) is 0.605. The molecule has 4 heteroatoms. The Bertz CT molecular complexity index is 400. The van der Waals surface area contributed by atoms with Gasteiger partial charge in [-0.3, -0.25) is 10.8 Å². The maximum atomic E-state index is 5.25. The van der Waals surface area contributed by atoms with Crippen molar-refractivity contribution in [3.05, 3.63) is 48.7 Å². The molecule has 0 radical (unpaired) electrons. The number of pyridine rings is 1. The first kappa shape index (κ1) is 11.5. The van der Waals surface area contributed by atoms with Crippen LogP contribution < -0.4 is 11.3 Å². The number of halogens is 1. The van der Waals surface area contributed by atoms with Crippen molar-refractivity contribution in [1.29, 1.82) is 0 Å². The minimum Gasteiger partial charge on any atom is -0.323 e. The summed E-state index contributed by atoms with van der Waals surface area (Å²) in [5, 5.41) is 0. The highest BCUT2D eigenvalue weighted by Crippen LogP contribution is 2.17. The van der Waals surface area contributed by atoms with Gasteiger partial charge in [0.2, 0.25) is 0 Å². The minimum absolute atomic E-state index is 0. The SMILES string of the molecule is Cl.NNc1ccc(-c2ccccc2)nc1. The van der Waals surface area contributed by atoms with Crippen molar-refractivity contribution in [3.8, 4) is 11.3 Å². The molecule has 15 heavy (non-hydrogen) atoms. The van der Waals surface area contributed by atoms with Crippen LogP contribution in [-0.4, -0.2) is 4.98 Å². The number of nitrogen functional groups attached to an aromatic ring is 1. The van der Waals surface area contributed by atoms with Gasteiger partial charge in [-0.1, -0.05) is 30.3 Å². The number of aromatic nitrogens is 1. The van der Waals surface area contributed by atoms with E-state index >= 15 is 0 Å². The van der Waals surface area contributed by atoms with Gasteiger partial charge in [-0.15, -0.1) is 12.4 Å². The molecule has 0 atom stereocenters. The summed E-state index contributed by atoms with van der Waals surface area (Å²) < 4.78 is 0. The Labute approximate surface area is 94.7 Å². The molecule has 0 aliphatic rings. The number of hydrogen-bond donors (Lipinski definition) is 2. The molecule has 78 valence electrons. The Kier molecular flexibility index (Phi) is 4.09. The number of hydrogen-bond acceptors (Lipinski definition) is 3. The van der Waals surface area contributed by atoms with E-state index in [0.29, 0.717) is 0 Å². The molecule has 3 N–H and O–H groups in total. The van der Waals surface area contributed by atoms with Gasteiger partial charge in [0.25, 0.3) is 0 Å². The second-order valence-electron chi connectivity index (χ2n) is 2.94. The van der Waals surface area contributed by atoms with Crippen LogP contribution in [0.3, 0.4) is 0 Å². The van der Waals surface area contributed by atoms with Gasteiger partial charge in [-0.25, -0.2) is 0 Å². The van der Waals surface area contributed by atoms with Gasteiger partial charge >= 0.3 is 0 Å². The van der Waals surface area contributed by atoms with Gasteiger partial charge in [0.1, 0.15) is 0 Å². The third-order valence-corrected chi connectivity index (χ3v) is 2.00. The average molecular weight is 222 g/mol. The Balaban J connectivity index is 0.00000112. The summed E-state index contributed by atoms with van der Waals surface area (Å²) in [4.78, 5) is 4.28. The summed E-state index contributed by atoms with van der Waals surface area (Å²) in [6.07, 6.45) is 1.71. The second-order valence-corrected chi connectivity index (χ2v) is 2.94. The highest BCUT2D eigenvalue weighted by molar-refractivity contribution is 5.85. The monoisotopic (exact) mass is 221 g/mol. The van der Waals surface area contributed by atoms with Gasteiger partial charge in [0.15, 0.2) is 0 Å².